The zero-order chi connectivity index (χ0) is 12.7. The lowest BCUT2D eigenvalue weighted by atomic mass is 9.83. The Morgan fingerprint density at radius 3 is 2.47 bits per heavy atom. The van der Waals surface area contributed by atoms with E-state index in [0.29, 0.717) is 12.6 Å². The first-order chi connectivity index (χ1) is 8.17. The molecule has 0 radical (unpaired) electrons. The molecule has 1 saturated carbocycles. The maximum Gasteiger partial charge on any atom is 0.322 e. The van der Waals surface area contributed by atoms with Gasteiger partial charge in [0.15, 0.2) is 0 Å². The number of ether oxygens (including phenoxy) is 1. The van der Waals surface area contributed by atoms with E-state index in [1.54, 1.807) is 0 Å². The van der Waals surface area contributed by atoms with Crippen molar-refractivity contribution in [3.63, 3.8) is 0 Å². The number of hydrogen-bond donors (Lipinski definition) is 1. The van der Waals surface area contributed by atoms with Crippen molar-refractivity contribution in [2.24, 2.45) is 5.92 Å². The van der Waals surface area contributed by atoms with Gasteiger partial charge in [-0.3, -0.25) is 4.79 Å². The molecule has 0 bridgehead atoms. The standard InChI is InChI=1S/C14H27NO2/c1-4-6-12-7-9-13(10-8-12)15-11(3)14(16)17-5-2/h11-13,15H,4-10H2,1-3H3. The van der Waals surface area contributed by atoms with Crippen molar-refractivity contribution in [3.05, 3.63) is 0 Å². The average Bonchev–Trinajstić information content (AvgIpc) is 2.32. The van der Waals surface area contributed by atoms with Crippen LogP contribution in [-0.4, -0.2) is 24.7 Å². The molecule has 0 amide bonds. The van der Waals surface area contributed by atoms with Crippen LogP contribution in [0.15, 0.2) is 0 Å². The predicted octanol–water partition coefficient (Wildman–Crippen LogP) is 2.89. The molecule has 17 heavy (non-hydrogen) atoms. The summed E-state index contributed by atoms with van der Waals surface area (Å²) in [5.41, 5.74) is 0. The van der Waals surface area contributed by atoms with Gasteiger partial charge in [0.25, 0.3) is 0 Å². The van der Waals surface area contributed by atoms with E-state index in [0.717, 1.165) is 5.92 Å². The van der Waals surface area contributed by atoms with Crippen molar-refractivity contribution in [1.82, 2.24) is 5.32 Å². The third-order valence-electron chi connectivity index (χ3n) is 3.67. The molecule has 0 heterocycles. The fourth-order valence-electron chi connectivity index (χ4n) is 2.71. The molecular formula is C14H27NO2. The van der Waals surface area contributed by atoms with Gasteiger partial charge in [0, 0.05) is 6.04 Å². The van der Waals surface area contributed by atoms with E-state index in [9.17, 15) is 4.79 Å². The van der Waals surface area contributed by atoms with Crippen molar-refractivity contribution in [1.29, 1.82) is 0 Å². The van der Waals surface area contributed by atoms with E-state index in [1.807, 2.05) is 13.8 Å². The minimum absolute atomic E-state index is 0.122. The van der Waals surface area contributed by atoms with E-state index in [1.165, 1.54) is 38.5 Å². The minimum atomic E-state index is -0.164. The lowest BCUT2D eigenvalue weighted by Crippen LogP contribution is -2.43. The summed E-state index contributed by atoms with van der Waals surface area (Å²) in [6, 6.07) is 0.338. The van der Waals surface area contributed by atoms with Gasteiger partial charge in [-0.1, -0.05) is 19.8 Å². The van der Waals surface area contributed by atoms with Gasteiger partial charge in [-0.2, -0.15) is 0 Å². The first-order valence-electron chi connectivity index (χ1n) is 7.10. The van der Waals surface area contributed by atoms with Crippen LogP contribution in [0, 0.1) is 5.92 Å². The summed E-state index contributed by atoms with van der Waals surface area (Å²) in [6.45, 7) is 6.47. The van der Waals surface area contributed by atoms with Crippen LogP contribution >= 0.6 is 0 Å². The third-order valence-corrected chi connectivity index (χ3v) is 3.67. The fraction of sp³-hybridized carbons (Fsp3) is 0.929. The quantitative estimate of drug-likeness (QED) is 0.727. The van der Waals surface area contributed by atoms with Crippen molar-refractivity contribution < 1.29 is 9.53 Å². The lowest BCUT2D eigenvalue weighted by Gasteiger charge is -2.30. The summed E-state index contributed by atoms with van der Waals surface area (Å²) < 4.78 is 5.00. The zero-order valence-corrected chi connectivity index (χ0v) is 11.5. The molecule has 3 heteroatoms. The van der Waals surface area contributed by atoms with Crippen LogP contribution in [-0.2, 0) is 9.53 Å². The molecule has 0 aliphatic heterocycles. The molecule has 0 saturated heterocycles. The minimum Gasteiger partial charge on any atom is -0.465 e. The summed E-state index contributed by atoms with van der Waals surface area (Å²) in [5, 5.41) is 3.39. The van der Waals surface area contributed by atoms with Crippen LogP contribution in [0.5, 0.6) is 0 Å². The largest absolute Gasteiger partial charge is 0.465 e. The molecule has 0 aromatic carbocycles. The molecule has 1 fully saturated rings. The second kappa shape index (κ2) is 7.70. The molecule has 1 unspecified atom stereocenters. The molecular weight excluding hydrogens is 214 g/mol. The highest BCUT2D eigenvalue weighted by molar-refractivity contribution is 5.75. The number of esters is 1. The first kappa shape index (κ1) is 14.5. The first-order valence-corrected chi connectivity index (χ1v) is 7.10. The van der Waals surface area contributed by atoms with Gasteiger partial charge in [-0.25, -0.2) is 0 Å². The Morgan fingerprint density at radius 2 is 1.94 bits per heavy atom. The molecule has 1 rings (SSSR count). The smallest absolute Gasteiger partial charge is 0.322 e. The maximum absolute atomic E-state index is 11.5. The number of carbonyl (C=O) groups excluding carboxylic acids is 1. The molecule has 100 valence electrons. The summed E-state index contributed by atoms with van der Waals surface area (Å²) in [7, 11) is 0. The molecule has 1 atom stereocenters. The maximum atomic E-state index is 11.5. The van der Waals surface area contributed by atoms with Crippen LogP contribution in [0.25, 0.3) is 0 Å². The zero-order valence-electron chi connectivity index (χ0n) is 11.5. The highest BCUT2D eigenvalue weighted by Gasteiger charge is 2.24. The Kier molecular flexibility index (Phi) is 6.56. The Morgan fingerprint density at radius 1 is 1.29 bits per heavy atom. The molecule has 1 N–H and O–H groups in total. The monoisotopic (exact) mass is 241 g/mol. The Hall–Kier alpha value is -0.570. The van der Waals surface area contributed by atoms with Crippen LogP contribution in [0.4, 0.5) is 0 Å². The van der Waals surface area contributed by atoms with E-state index in [4.69, 9.17) is 4.74 Å². The molecule has 0 spiro atoms. The summed E-state index contributed by atoms with van der Waals surface area (Å²) in [5.74, 6) is 0.791. The molecule has 1 aliphatic carbocycles. The summed E-state index contributed by atoms with van der Waals surface area (Å²) in [4.78, 5) is 11.5. The Bertz CT molecular complexity index is 222. The summed E-state index contributed by atoms with van der Waals surface area (Å²) in [6.07, 6.45) is 7.67. The van der Waals surface area contributed by atoms with Crippen molar-refractivity contribution in [2.75, 3.05) is 6.61 Å². The second-order valence-electron chi connectivity index (χ2n) is 5.15. The van der Waals surface area contributed by atoms with Gasteiger partial charge in [-0.05, 0) is 45.4 Å². The highest BCUT2D eigenvalue weighted by atomic mass is 16.5. The van der Waals surface area contributed by atoms with E-state index >= 15 is 0 Å². The van der Waals surface area contributed by atoms with Gasteiger partial charge >= 0.3 is 5.97 Å². The van der Waals surface area contributed by atoms with Crippen LogP contribution < -0.4 is 5.32 Å². The average molecular weight is 241 g/mol. The van der Waals surface area contributed by atoms with Gasteiger partial charge < -0.3 is 10.1 Å². The van der Waals surface area contributed by atoms with E-state index in [2.05, 4.69) is 12.2 Å². The molecule has 0 aromatic rings. The topological polar surface area (TPSA) is 38.3 Å². The van der Waals surface area contributed by atoms with Crippen LogP contribution in [0.1, 0.15) is 59.3 Å². The van der Waals surface area contributed by atoms with Gasteiger partial charge in [0.1, 0.15) is 6.04 Å². The predicted molar refractivity (Wildman–Crippen MR) is 69.9 cm³/mol. The normalized spacial score (nSPS) is 26.5. The second-order valence-corrected chi connectivity index (χ2v) is 5.15. The van der Waals surface area contributed by atoms with Gasteiger partial charge in [-0.15, -0.1) is 0 Å². The number of nitrogens with one attached hydrogen (secondary N) is 1. The molecule has 1 aliphatic rings. The van der Waals surface area contributed by atoms with Crippen LogP contribution in [0.2, 0.25) is 0 Å². The SMILES string of the molecule is CCCC1CCC(NC(C)C(=O)OCC)CC1. The van der Waals surface area contributed by atoms with Gasteiger partial charge in [0.2, 0.25) is 0 Å². The highest BCUT2D eigenvalue weighted by Crippen LogP contribution is 2.27. The molecule has 0 aromatic heterocycles. The van der Waals surface area contributed by atoms with E-state index in [-0.39, 0.29) is 12.0 Å². The van der Waals surface area contributed by atoms with Crippen molar-refractivity contribution >= 4 is 5.97 Å². The van der Waals surface area contributed by atoms with Gasteiger partial charge in [0.05, 0.1) is 6.61 Å². The Balaban J connectivity index is 2.23. The summed E-state index contributed by atoms with van der Waals surface area (Å²) >= 11 is 0. The molecule has 3 nitrogen and oxygen atoms in total. The Labute approximate surface area is 105 Å². The number of hydrogen-bond acceptors (Lipinski definition) is 3. The van der Waals surface area contributed by atoms with Crippen LogP contribution in [0.3, 0.4) is 0 Å². The van der Waals surface area contributed by atoms with Crippen molar-refractivity contribution in [3.8, 4) is 0 Å². The fourth-order valence-corrected chi connectivity index (χ4v) is 2.71. The van der Waals surface area contributed by atoms with Crippen molar-refractivity contribution in [2.45, 2.75) is 71.4 Å². The third kappa shape index (κ3) is 5.07. The number of rotatable bonds is 6. The number of carbonyl (C=O) groups is 1. The van der Waals surface area contributed by atoms with E-state index < -0.39 is 0 Å². The lowest BCUT2D eigenvalue weighted by molar-refractivity contribution is -0.145.